The Labute approximate surface area is 162 Å². The molecule has 5 rings (SSSR count). The zero-order valence-corrected chi connectivity index (χ0v) is 15.6. The summed E-state index contributed by atoms with van der Waals surface area (Å²) in [5.41, 5.74) is -6.74. The molecular formula is C18H22ClF3N4O. The minimum absolute atomic E-state index is 0. The fourth-order valence-corrected chi connectivity index (χ4v) is 6.23. The second-order valence-electron chi connectivity index (χ2n) is 8.82. The Balaban J connectivity index is 0.00000210. The third-order valence-electron chi connectivity index (χ3n) is 6.45. The zero-order chi connectivity index (χ0) is 18.8. The molecule has 4 saturated carbocycles. The predicted molar refractivity (Wildman–Crippen MR) is 92.1 cm³/mol. The van der Waals surface area contributed by atoms with E-state index in [1.807, 2.05) is 12.1 Å². The molecular weight excluding hydrogens is 381 g/mol. The molecule has 0 aromatic carbocycles. The van der Waals surface area contributed by atoms with E-state index in [1.165, 1.54) is 4.90 Å². The molecule has 0 radical (unpaired) electrons. The lowest BCUT2D eigenvalue weighted by Gasteiger charge is -2.63. The van der Waals surface area contributed by atoms with Crippen molar-refractivity contribution in [1.29, 1.82) is 10.5 Å². The third-order valence-corrected chi connectivity index (χ3v) is 6.45. The van der Waals surface area contributed by atoms with Gasteiger partial charge in [-0.1, -0.05) is 0 Å². The van der Waals surface area contributed by atoms with Crippen LogP contribution in [0.4, 0.5) is 13.2 Å². The number of likely N-dealkylation sites (tertiary alicyclic amines) is 1. The summed E-state index contributed by atoms with van der Waals surface area (Å²) >= 11 is 0. The summed E-state index contributed by atoms with van der Waals surface area (Å²) in [5, 5.41) is 21.3. The zero-order valence-electron chi connectivity index (χ0n) is 14.8. The molecule has 9 heteroatoms. The van der Waals surface area contributed by atoms with E-state index < -0.39 is 40.5 Å². The summed E-state index contributed by atoms with van der Waals surface area (Å²) in [6.07, 6.45) is 0.0171. The third kappa shape index (κ3) is 3.28. The van der Waals surface area contributed by atoms with E-state index in [9.17, 15) is 28.5 Å². The maximum Gasteiger partial charge on any atom is 0.238 e. The summed E-state index contributed by atoms with van der Waals surface area (Å²) in [5.74, 6) is -0.454. The molecule has 4 aliphatic carbocycles. The average Bonchev–Trinajstić information content (AvgIpc) is 2.91. The van der Waals surface area contributed by atoms with Crippen molar-refractivity contribution < 1.29 is 18.0 Å². The summed E-state index contributed by atoms with van der Waals surface area (Å²) in [7, 11) is 0. The number of hydrogen-bond acceptors (Lipinski definition) is 4. The van der Waals surface area contributed by atoms with E-state index in [0.29, 0.717) is 12.8 Å². The summed E-state index contributed by atoms with van der Waals surface area (Å²) in [6.45, 7) is -0.251. The van der Waals surface area contributed by atoms with Crippen LogP contribution in [0.3, 0.4) is 0 Å². The van der Waals surface area contributed by atoms with Gasteiger partial charge in [-0.15, -0.1) is 12.4 Å². The Kier molecular flexibility index (Phi) is 4.68. The van der Waals surface area contributed by atoms with Crippen LogP contribution in [-0.2, 0) is 4.79 Å². The van der Waals surface area contributed by atoms with Gasteiger partial charge in [-0.3, -0.25) is 4.79 Å². The minimum Gasteiger partial charge on any atom is -0.310 e. The highest BCUT2D eigenvalue weighted by Crippen LogP contribution is 2.64. The second kappa shape index (κ2) is 6.25. The Morgan fingerprint density at radius 3 is 1.70 bits per heavy atom. The molecule has 0 spiro atoms. The molecule has 2 atom stereocenters. The largest absolute Gasteiger partial charge is 0.310 e. The predicted octanol–water partition coefficient (Wildman–Crippen LogP) is 2.65. The summed E-state index contributed by atoms with van der Waals surface area (Å²) in [6, 6.07) is 2.70. The summed E-state index contributed by atoms with van der Waals surface area (Å²) < 4.78 is 44.9. The average molecular weight is 403 g/mol. The molecule has 27 heavy (non-hydrogen) atoms. The Morgan fingerprint density at radius 1 is 0.926 bits per heavy atom. The number of amides is 1. The number of hydrogen-bond donors (Lipinski definition) is 1. The molecule has 1 heterocycles. The number of carbonyl (C=O) groups excluding carboxylic acids is 1. The first-order chi connectivity index (χ1) is 12.1. The van der Waals surface area contributed by atoms with Crippen LogP contribution in [0.5, 0.6) is 0 Å². The fraction of sp³-hybridized carbons (Fsp3) is 0.833. The first-order valence-electron chi connectivity index (χ1n) is 9.05. The highest BCUT2D eigenvalue weighted by atomic mass is 35.5. The van der Waals surface area contributed by atoms with Crippen molar-refractivity contribution in [2.24, 2.45) is 0 Å². The van der Waals surface area contributed by atoms with Gasteiger partial charge < -0.3 is 10.2 Å². The van der Waals surface area contributed by atoms with Gasteiger partial charge >= 0.3 is 0 Å². The van der Waals surface area contributed by atoms with Gasteiger partial charge in [0.1, 0.15) is 29.1 Å². The first kappa shape index (κ1) is 20.2. The Bertz CT molecular complexity index is 660. The van der Waals surface area contributed by atoms with Crippen LogP contribution >= 0.6 is 12.4 Å². The molecule has 5 nitrogen and oxygen atoms in total. The van der Waals surface area contributed by atoms with E-state index in [2.05, 4.69) is 5.32 Å². The number of nitrogens with one attached hydrogen (secondary N) is 1. The maximum atomic E-state index is 15.0. The quantitative estimate of drug-likeness (QED) is 0.787. The normalized spacial score (nSPS) is 47.2. The monoisotopic (exact) mass is 402 g/mol. The lowest BCUT2D eigenvalue weighted by molar-refractivity contribution is -0.197. The fourth-order valence-electron chi connectivity index (χ4n) is 6.23. The van der Waals surface area contributed by atoms with E-state index in [0.717, 1.165) is 0 Å². The van der Waals surface area contributed by atoms with Crippen LogP contribution in [0, 0.1) is 22.7 Å². The number of carbonyl (C=O) groups is 1. The molecule has 1 saturated heterocycles. The number of alkyl halides is 3. The summed E-state index contributed by atoms with van der Waals surface area (Å²) in [4.78, 5) is 13.8. The van der Waals surface area contributed by atoms with Crippen molar-refractivity contribution >= 4 is 18.3 Å². The highest BCUT2D eigenvalue weighted by Gasteiger charge is 2.70. The second-order valence-corrected chi connectivity index (χ2v) is 8.82. The van der Waals surface area contributed by atoms with Crippen LogP contribution in [0.2, 0.25) is 0 Å². The van der Waals surface area contributed by atoms with Crippen LogP contribution < -0.4 is 5.32 Å². The van der Waals surface area contributed by atoms with Crippen LogP contribution in [0.15, 0.2) is 0 Å². The van der Waals surface area contributed by atoms with Gasteiger partial charge in [-0.05, 0) is 12.8 Å². The number of nitriles is 2. The van der Waals surface area contributed by atoms with Crippen molar-refractivity contribution in [1.82, 2.24) is 10.2 Å². The van der Waals surface area contributed by atoms with Gasteiger partial charge in [-0.25, -0.2) is 13.2 Å². The molecule has 1 aliphatic heterocycles. The highest BCUT2D eigenvalue weighted by molar-refractivity contribution is 5.85. The van der Waals surface area contributed by atoms with Gasteiger partial charge in [0.25, 0.3) is 0 Å². The van der Waals surface area contributed by atoms with Gasteiger partial charge in [0.2, 0.25) is 5.91 Å². The molecule has 1 amide bonds. The van der Waals surface area contributed by atoms with E-state index in [1.54, 1.807) is 0 Å². The van der Waals surface area contributed by atoms with Gasteiger partial charge in [0.05, 0.1) is 18.7 Å². The molecule has 0 aromatic heterocycles. The van der Waals surface area contributed by atoms with Crippen molar-refractivity contribution in [2.75, 3.05) is 6.54 Å². The smallest absolute Gasteiger partial charge is 0.238 e. The van der Waals surface area contributed by atoms with Gasteiger partial charge in [0.15, 0.2) is 0 Å². The Morgan fingerprint density at radius 2 is 1.33 bits per heavy atom. The molecule has 0 aromatic rings. The van der Waals surface area contributed by atoms with Crippen LogP contribution in [-0.4, -0.2) is 52.0 Å². The molecule has 5 aliphatic rings. The van der Waals surface area contributed by atoms with Crippen molar-refractivity contribution in [3.8, 4) is 12.1 Å². The molecule has 1 N–H and O–H groups in total. The topological polar surface area (TPSA) is 79.9 Å². The first-order valence-corrected chi connectivity index (χ1v) is 9.05. The van der Waals surface area contributed by atoms with Gasteiger partial charge in [-0.2, -0.15) is 10.5 Å². The van der Waals surface area contributed by atoms with Crippen molar-refractivity contribution in [2.45, 2.75) is 86.0 Å². The standard InChI is InChI=1S/C18H21F3N4O.ClH/c19-15-6-16(20)8-17(21,7-15)11-18(9-15,10-16)24-5-14(26)25-12(3-22)1-2-13(25)4-23;/h12-13,24H,1-2,5-11H2;1H/t12-,13+,15?,16?,17?,18?;. The molecule has 5 fully saturated rings. The van der Waals surface area contributed by atoms with E-state index >= 15 is 0 Å². The molecule has 148 valence electrons. The van der Waals surface area contributed by atoms with E-state index in [4.69, 9.17) is 0 Å². The molecule has 0 unspecified atom stereocenters. The van der Waals surface area contributed by atoms with Crippen molar-refractivity contribution in [3.63, 3.8) is 0 Å². The van der Waals surface area contributed by atoms with E-state index in [-0.39, 0.29) is 57.5 Å². The molecule has 4 bridgehead atoms. The lowest BCUT2D eigenvalue weighted by Crippen LogP contribution is -2.72. The number of halogens is 4. The maximum absolute atomic E-state index is 15.0. The van der Waals surface area contributed by atoms with Gasteiger partial charge in [0, 0.05) is 44.1 Å². The number of rotatable bonds is 3. The Hall–Kier alpha value is -1.51. The van der Waals surface area contributed by atoms with Crippen LogP contribution in [0.1, 0.15) is 51.4 Å². The van der Waals surface area contributed by atoms with Crippen molar-refractivity contribution in [3.05, 3.63) is 0 Å². The number of nitrogens with zero attached hydrogens (tertiary/aromatic N) is 3. The minimum atomic E-state index is -1.88. The van der Waals surface area contributed by atoms with Crippen LogP contribution in [0.25, 0.3) is 0 Å². The lowest BCUT2D eigenvalue weighted by atomic mass is 9.49. The SMILES string of the molecule is Cl.N#C[C@@H]1CC[C@H](C#N)N1C(=O)CNC12CC3(F)CC(F)(CC(F)(C3)C1)C2.